The van der Waals surface area contributed by atoms with Gasteiger partial charge in [-0.3, -0.25) is 0 Å². The SMILES string of the molecule is CC(O)CC(=O)[O-].CC(O)CC(=O)[O-].CC(O)CC(=O)[O-].[Fe+3]. The van der Waals surface area contributed by atoms with Crippen molar-refractivity contribution in [3.63, 3.8) is 0 Å². The minimum Gasteiger partial charge on any atom is -0.550 e. The molecule has 0 aliphatic carbocycles. The van der Waals surface area contributed by atoms with E-state index in [1.54, 1.807) is 0 Å². The molecule has 0 aliphatic heterocycles. The van der Waals surface area contributed by atoms with E-state index < -0.39 is 36.2 Å². The summed E-state index contributed by atoms with van der Waals surface area (Å²) in [5.74, 6) is -3.64. The summed E-state index contributed by atoms with van der Waals surface area (Å²) in [6.45, 7) is 4.20. The summed E-state index contributed by atoms with van der Waals surface area (Å²) in [6.07, 6.45) is -3.19. The van der Waals surface area contributed by atoms with E-state index in [2.05, 4.69) is 0 Å². The van der Waals surface area contributed by atoms with Crippen molar-refractivity contribution in [1.82, 2.24) is 0 Å². The number of aliphatic carboxylic acids is 3. The van der Waals surface area contributed by atoms with Crippen LogP contribution in [0.1, 0.15) is 40.0 Å². The Labute approximate surface area is 139 Å². The Morgan fingerprint density at radius 2 is 0.818 bits per heavy atom. The second kappa shape index (κ2) is 17.9. The van der Waals surface area contributed by atoms with E-state index in [-0.39, 0.29) is 36.3 Å². The molecule has 3 unspecified atom stereocenters. The van der Waals surface area contributed by atoms with Gasteiger partial charge in [-0.2, -0.15) is 0 Å². The first-order valence-corrected chi connectivity index (χ1v) is 6.02. The van der Waals surface area contributed by atoms with Crippen LogP contribution in [-0.4, -0.2) is 51.5 Å². The van der Waals surface area contributed by atoms with Crippen LogP contribution in [0, 0.1) is 0 Å². The molecule has 3 N–H and O–H groups in total. The predicted molar refractivity (Wildman–Crippen MR) is 63.9 cm³/mol. The van der Waals surface area contributed by atoms with E-state index >= 15 is 0 Å². The summed E-state index contributed by atoms with van der Waals surface area (Å²) in [5, 5.41) is 53.5. The molecule has 0 aromatic heterocycles. The largest absolute Gasteiger partial charge is 3.00 e. The predicted octanol–water partition coefficient (Wildman–Crippen LogP) is -4.48. The Balaban J connectivity index is -0.000000108. The molecule has 0 saturated carbocycles. The van der Waals surface area contributed by atoms with Gasteiger partial charge in [0.1, 0.15) is 0 Å². The summed E-state index contributed by atoms with van der Waals surface area (Å²) >= 11 is 0. The van der Waals surface area contributed by atoms with Crippen LogP contribution in [-0.2, 0) is 31.5 Å². The van der Waals surface area contributed by atoms with Gasteiger partial charge in [0, 0.05) is 37.2 Å². The number of carboxylic acids is 3. The fourth-order valence-electron chi connectivity index (χ4n) is 0.724. The summed E-state index contributed by atoms with van der Waals surface area (Å²) < 4.78 is 0. The van der Waals surface area contributed by atoms with E-state index in [9.17, 15) is 29.7 Å². The zero-order valence-electron chi connectivity index (χ0n) is 12.5. The maximum absolute atomic E-state index is 9.54. The molecule has 0 saturated heterocycles. The molecule has 0 aromatic carbocycles. The quantitative estimate of drug-likeness (QED) is 0.391. The van der Waals surface area contributed by atoms with Crippen LogP contribution < -0.4 is 15.3 Å². The Morgan fingerprint density at radius 3 is 0.818 bits per heavy atom. The third kappa shape index (κ3) is 51.1. The van der Waals surface area contributed by atoms with Gasteiger partial charge in [0.2, 0.25) is 0 Å². The number of carboxylic acid groups (broad SMARTS) is 3. The number of rotatable bonds is 6. The molecule has 3 atom stereocenters. The zero-order chi connectivity index (χ0) is 17.6. The number of aliphatic hydroxyl groups is 3. The molecule has 9 nitrogen and oxygen atoms in total. The van der Waals surface area contributed by atoms with E-state index in [0.717, 1.165) is 0 Å². The van der Waals surface area contributed by atoms with Crippen molar-refractivity contribution in [3.8, 4) is 0 Å². The minimum atomic E-state index is -1.21. The number of hydrogen-bond acceptors (Lipinski definition) is 9. The van der Waals surface area contributed by atoms with Crippen LogP contribution in [0.25, 0.3) is 0 Å². The van der Waals surface area contributed by atoms with E-state index in [4.69, 9.17) is 15.3 Å². The molecular formula is C12H21FeO9. The fourth-order valence-corrected chi connectivity index (χ4v) is 0.724. The summed E-state index contributed by atoms with van der Waals surface area (Å²) in [6, 6.07) is 0. The van der Waals surface area contributed by atoms with Gasteiger partial charge in [-0.25, -0.2) is 0 Å². The van der Waals surface area contributed by atoms with E-state index in [1.165, 1.54) is 20.8 Å². The second-order valence-electron chi connectivity index (χ2n) is 4.28. The maximum Gasteiger partial charge on any atom is 3.00 e. The van der Waals surface area contributed by atoms with Crippen LogP contribution in [0.15, 0.2) is 0 Å². The molecule has 0 amide bonds. The van der Waals surface area contributed by atoms with Crippen molar-refractivity contribution < 1.29 is 62.1 Å². The molecule has 10 heteroatoms. The molecular weight excluding hydrogens is 344 g/mol. The van der Waals surface area contributed by atoms with Gasteiger partial charge in [-0.15, -0.1) is 0 Å². The van der Waals surface area contributed by atoms with Crippen molar-refractivity contribution in [2.24, 2.45) is 0 Å². The first-order chi connectivity index (χ1) is 9.38. The molecule has 0 aromatic rings. The van der Waals surface area contributed by atoms with Crippen LogP contribution in [0.2, 0.25) is 0 Å². The monoisotopic (exact) mass is 365 g/mol. The molecule has 1 radical (unpaired) electrons. The summed E-state index contributed by atoms with van der Waals surface area (Å²) in [7, 11) is 0. The smallest absolute Gasteiger partial charge is 0.550 e. The Hall–Kier alpha value is -1.19. The average molecular weight is 365 g/mol. The van der Waals surface area contributed by atoms with E-state index in [1.807, 2.05) is 0 Å². The molecule has 0 fully saturated rings. The fraction of sp³-hybridized carbons (Fsp3) is 0.750. The Kier molecular flexibility index (Phi) is 23.5. The van der Waals surface area contributed by atoms with Crippen LogP contribution in [0.5, 0.6) is 0 Å². The number of carbonyl (C=O) groups excluding carboxylic acids is 3. The summed E-state index contributed by atoms with van der Waals surface area (Å²) in [5.41, 5.74) is 0. The minimum absolute atomic E-state index is 0. The van der Waals surface area contributed by atoms with Gasteiger partial charge in [0.25, 0.3) is 0 Å². The third-order valence-corrected chi connectivity index (χ3v) is 1.39. The first-order valence-electron chi connectivity index (χ1n) is 6.02. The van der Waals surface area contributed by atoms with E-state index in [0.29, 0.717) is 0 Å². The topological polar surface area (TPSA) is 181 Å². The molecule has 0 bridgehead atoms. The number of carbonyl (C=O) groups is 3. The zero-order valence-corrected chi connectivity index (χ0v) is 13.6. The average Bonchev–Trinajstić information content (AvgIpc) is 2.10. The number of hydrogen-bond donors (Lipinski definition) is 3. The molecule has 0 aliphatic rings. The van der Waals surface area contributed by atoms with Gasteiger partial charge < -0.3 is 45.0 Å². The van der Waals surface area contributed by atoms with Crippen LogP contribution >= 0.6 is 0 Å². The van der Waals surface area contributed by atoms with Crippen molar-refractivity contribution >= 4 is 17.9 Å². The van der Waals surface area contributed by atoms with Gasteiger partial charge in [-0.1, -0.05) is 0 Å². The van der Waals surface area contributed by atoms with Crippen molar-refractivity contribution in [3.05, 3.63) is 0 Å². The van der Waals surface area contributed by atoms with Gasteiger partial charge in [0.15, 0.2) is 0 Å². The third-order valence-electron chi connectivity index (χ3n) is 1.39. The van der Waals surface area contributed by atoms with Crippen molar-refractivity contribution in [2.45, 2.75) is 58.3 Å². The normalized spacial score (nSPS) is 12.8. The standard InChI is InChI=1S/3C4H8O3.Fe/c3*1-3(5)2-4(6)7;/h3*3,5H,2H2,1H3,(H,6,7);/q;;;+3/p-3. The van der Waals surface area contributed by atoms with Crippen molar-refractivity contribution in [2.75, 3.05) is 0 Å². The molecule has 0 rings (SSSR count). The van der Waals surface area contributed by atoms with Crippen LogP contribution in [0.3, 0.4) is 0 Å². The molecule has 0 spiro atoms. The second-order valence-corrected chi connectivity index (χ2v) is 4.28. The summed E-state index contributed by atoms with van der Waals surface area (Å²) in [4.78, 5) is 28.6. The molecule has 131 valence electrons. The number of aliphatic hydroxyl groups excluding tert-OH is 3. The maximum atomic E-state index is 9.54. The Morgan fingerprint density at radius 1 is 0.682 bits per heavy atom. The van der Waals surface area contributed by atoms with Gasteiger partial charge in [-0.05, 0) is 20.8 Å². The first kappa shape index (κ1) is 28.9. The van der Waals surface area contributed by atoms with Crippen molar-refractivity contribution in [1.29, 1.82) is 0 Å². The molecule has 0 heterocycles. The van der Waals surface area contributed by atoms with Crippen LogP contribution in [0.4, 0.5) is 0 Å². The molecule has 22 heavy (non-hydrogen) atoms. The van der Waals surface area contributed by atoms with Gasteiger partial charge in [0.05, 0.1) is 18.3 Å². The Bertz CT molecular complexity index is 255. The van der Waals surface area contributed by atoms with Gasteiger partial charge >= 0.3 is 17.1 Å².